The Bertz CT molecular complexity index is 519. The maximum absolute atomic E-state index is 4.79. The summed E-state index contributed by atoms with van der Waals surface area (Å²) in [6.45, 7) is 4.55. The van der Waals surface area contributed by atoms with Crippen LogP contribution >= 0.6 is 22.7 Å². The molecule has 0 bridgehead atoms. The molecule has 0 amide bonds. The summed E-state index contributed by atoms with van der Waals surface area (Å²) in [7, 11) is 2.05. The number of piperidine rings is 1. The standard InChI is InChI=1S/C15H21N3S2/c1-16-7-12-3-2-5-18(8-12)9-14-11-20-15(17-14)13-4-6-19-10-13/h4,6,10-12,16H,2-3,5,7-9H2,1H3. The number of nitrogens with zero attached hydrogens (tertiary/aromatic N) is 2. The molecular weight excluding hydrogens is 286 g/mol. The van der Waals surface area contributed by atoms with Crippen LogP contribution in [0.1, 0.15) is 18.5 Å². The molecule has 1 N–H and O–H groups in total. The summed E-state index contributed by atoms with van der Waals surface area (Å²) >= 11 is 3.50. The van der Waals surface area contributed by atoms with Crippen molar-refractivity contribution in [2.75, 3.05) is 26.7 Å². The third kappa shape index (κ3) is 3.47. The van der Waals surface area contributed by atoms with E-state index in [1.807, 2.05) is 7.05 Å². The quantitative estimate of drug-likeness (QED) is 0.918. The molecule has 0 radical (unpaired) electrons. The van der Waals surface area contributed by atoms with Gasteiger partial charge in [-0.1, -0.05) is 0 Å². The minimum absolute atomic E-state index is 0.795. The van der Waals surface area contributed by atoms with Crippen LogP contribution in [0.25, 0.3) is 10.6 Å². The van der Waals surface area contributed by atoms with Crippen LogP contribution < -0.4 is 5.32 Å². The highest BCUT2D eigenvalue weighted by atomic mass is 32.1. The first kappa shape index (κ1) is 14.2. The molecular formula is C15H21N3S2. The second-order valence-corrected chi connectivity index (χ2v) is 7.10. The first-order valence-corrected chi connectivity index (χ1v) is 9.01. The largest absolute Gasteiger partial charge is 0.319 e. The van der Waals surface area contributed by atoms with Gasteiger partial charge in [-0.2, -0.15) is 11.3 Å². The van der Waals surface area contributed by atoms with Crippen molar-refractivity contribution >= 4 is 22.7 Å². The number of thiazole rings is 1. The summed E-state index contributed by atoms with van der Waals surface area (Å²) in [5.74, 6) is 0.795. The summed E-state index contributed by atoms with van der Waals surface area (Å²) in [4.78, 5) is 7.34. The summed E-state index contributed by atoms with van der Waals surface area (Å²) < 4.78 is 0. The molecule has 3 nitrogen and oxygen atoms in total. The van der Waals surface area contributed by atoms with Gasteiger partial charge in [0.05, 0.1) is 5.69 Å². The average Bonchev–Trinajstić information content (AvgIpc) is 3.10. The number of hydrogen-bond acceptors (Lipinski definition) is 5. The molecule has 2 aromatic heterocycles. The first-order valence-electron chi connectivity index (χ1n) is 7.19. The van der Waals surface area contributed by atoms with E-state index in [0.717, 1.165) is 24.0 Å². The molecule has 0 aromatic carbocycles. The summed E-state index contributed by atoms with van der Waals surface area (Å²) in [5, 5.41) is 11.0. The Kier molecular flexibility index (Phi) is 4.83. The van der Waals surface area contributed by atoms with E-state index in [4.69, 9.17) is 4.98 Å². The molecule has 3 rings (SSSR count). The van der Waals surface area contributed by atoms with E-state index in [9.17, 15) is 0 Å². The Labute approximate surface area is 128 Å². The predicted molar refractivity (Wildman–Crippen MR) is 87.4 cm³/mol. The normalized spacial score (nSPS) is 20.4. The van der Waals surface area contributed by atoms with Gasteiger partial charge in [0.2, 0.25) is 0 Å². The van der Waals surface area contributed by atoms with Gasteiger partial charge in [-0.15, -0.1) is 11.3 Å². The Balaban J connectivity index is 1.60. The lowest BCUT2D eigenvalue weighted by molar-refractivity contribution is 0.165. The van der Waals surface area contributed by atoms with Gasteiger partial charge in [0.15, 0.2) is 0 Å². The van der Waals surface area contributed by atoms with E-state index < -0.39 is 0 Å². The minimum Gasteiger partial charge on any atom is -0.319 e. The predicted octanol–water partition coefficient (Wildman–Crippen LogP) is 3.30. The average molecular weight is 307 g/mol. The van der Waals surface area contributed by atoms with Crippen molar-refractivity contribution in [3.05, 3.63) is 27.9 Å². The Morgan fingerprint density at radius 3 is 3.20 bits per heavy atom. The lowest BCUT2D eigenvalue weighted by Crippen LogP contribution is -2.38. The zero-order valence-electron chi connectivity index (χ0n) is 11.8. The highest BCUT2D eigenvalue weighted by Gasteiger charge is 2.20. The molecule has 2 aromatic rings. The molecule has 1 aliphatic rings. The van der Waals surface area contributed by atoms with E-state index in [1.54, 1.807) is 22.7 Å². The third-order valence-electron chi connectivity index (χ3n) is 3.80. The van der Waals surface area contributed by atoms with Crippen molar-refractivity contribution in [3.63, 3.8) is 0 Å². The zero-order valence-corrected chi connectivity index (χ0v) is 13.5. The SMILES string of the molecule is CNCC1CCCN(Cc2csc(-c3ccsc3)n2)C1. The highest BCUT2D eigenvalue weighted by Crippen LogP contribution is 2.26. The number of likely N-dealkylation sites (tertiary alicyclic amines) is 1. The molecule has 1 fully saturated rings. The number of thiophene rings is 1. The van der Waals surface area contributed by atoms with Gasteiger partial charge < -0.3 is 5.32 Å². The summed E-state index contributed by atoms with van der Waals surface area (Å²) in [6, 6.07) is 2.15. The second-order valence-electron chi connectivity index (χ2n) is 5.46. The van der Waals surface area contributed by atoms with E-state index in [-0.39, 0.29) is 0 Å². The Morgan fingerprint density at radius 2 is 2.40 bits per heavy atom. The van der Waals surface area contributed by atoms with Gasteiger partial charge in [-0.05, 0) is 50.3 Å². The van der Waals surface area contributed by atoms with Gasteiger partial charge in [0.25, 0.3) is 0 Å². The molecule has 0 aliphatic carbocycles. The van der Waals surface area contributed by atoms with Gasteiger partial charge in [-0.25, -0.2) is 4.98 Å². The van der Waals surface area contributed by atoms with Crippen molar-refractivity contribution in [1.29, 1.82) is 0 Å². The lowest BCUT2D eigenvalue weighted by Gasteiger charge is -2.32. The third-order valence-corrected chi connectivity index (χ3v) is 5.42. The van der Waals surface area contributed by atoms with Crippen LogP contribution in [0.5, 0.6) is 0 Å². The number of hydrogen-bond donors (Lipinski definition) is 1. The van der Waals surface area contributed by atoms with E-state index >= 15 is 0 Å². The van der Waals surface area contributed by atoms with E-state index in [2.05, 4.69) is 32.4 Å². The Morgan fingerprint density at radius 1 is 1.45 bits per heavy atom. The first-order chi connectivity index (χ1) is 9.85. The second kappa shape index (κ2) is 6.80. The lowest BCUT2D eigenvalue weighted by atomic mass is 9.98. The topological polar surface area (TPSA) is 28.2 Å². The van der Waals surface area contributed by atoms with Crippen LogP contribution in [0.4, 0.5) is 0 Å². The molecule has 20 heavy (non-hydrogen) atoms. The molecule has 3 heterocycles. The molecule has 5 heteroatoms. The van der Waals surface area contributed by atoms with Crippen molar-refractivity contribution in [1.82, 2.24) is 15.2 Å². The van der Waals surface area contributed by atoms with Crippen LogP contribution in [0.3, 0.4) is 0 Å². The molecule has 1 aliphatic heterocycles. The van der Waals surface area contributed by atoms with E-state index in [1.165, 1.54) is 37.2 Å². The van der Waals surface area contributed by atoms with Gasteiger partial charge in [0, 0.05) is 29.4 Å². The van der Waals surface area contributed by atoms with Crippen molar-refractivity contribution in [2.24, 2.45) is 5.92 Å². The number of aromatic nitrogens is 1. The molecule has 0 spiro atoms. The molecule has 108 valence electrons. The van der Waals surface area contributed by atoms with Gasteiger partial charge in [-0.3, -0.25) is 4.90 Å². The van der Waals surface area contributed by atoms with Crippen LogP contribution in [0.2, 0.25) is 0 Å². The fraction of sp³-hybridized carbons (Fsp3) is 0.533. The van der Waals surface area contributed by atoms with E-state index in [0.29, 0.717) is 0 Å². The van der Waals surface area contributed by atoms with Crippen LogP contribution in [-0.4, -0.2) is 36.6 Å². The van der Waals surface area contributed by atoms with Crippen molar-refractivity contribution < 1.29 is 0 Å². The molecule has 1 unspecified atom stereocenters. The Hall–Kier alpha value is -0.750. The van der Waals surface area contributed by atoms with Crippen molar-refractivity contribution in [2.45, 2.75) is 19.4 Å². The zero-order chi connectivity index (χ0) is 13.8. The molecule has 0 saturated carbocycles. The van der Waals surface area contributed by atoms with Gasteiger partial charge >= 0.3 is 0 Å². The minimum atomic E-state index is 0.795. The fourth-order valence-corrected chi connectivity index (χ4v) is 4.40. The molecule has 1 saturated heterocycles. The maximum Gasteiger partial charge on any atom is 0.124 e. The monoisotopic (exact) mass is 307 g/mol. The number of rotatable bonds is 5. The summed E-state index contributed by atoms with van der Waals surface area (Å²) in [6.07, 6.45) is 2.67. The smallest absolute Gasteiger partial charge is 0.124 e. The fourth-order valence-electron chi connectivity index (χ4n) is 2.88. The van der Waals surface area contributed by atoms with Crippen LogP contribution in [-0.2, 0) is 6.54 Å². The van der Waals surface area contributed by atoms with Crippen LogP contribution in [0, 0.1) is 5.92 Å². The maximum atomic E-state index is 4.79. The highest BCUT2D eigenvalue weighted by molar-refractivity contribution is 7.14. The van der Waals surface area contributed by atoms with Gasteiger partial charge in [0.1, 0.15) is 5.01 Å². The van der Waals surface area contributed by atoms with Crippen molar-refractivity contribution in [3.8, 4) is 10.6 Å². The number of nitrogens with one attached hydrogen (secondary N) is 1. The summed E-state index contributed by atoms with van der Waals surface area (Å²) in [5.41, 5.74) is 2.49. The molecule has 1 atom stereocenters. The van der Waals surface area contributed by atoms with Crippen LogP contribution in [0.15, 0.2) is 22.2 Å².